The lowest BCUT2D eigenvalue weighted by Gasteiger charge is -2.13. The van der Waals surface area contributed by atoms with E-state index in [1.54, 1.807) is 30.3 Å². The van der Waals surface area contributed by atoms with Crippen LogP contribution in [0, 0.1) is 11.6 Å². The minimum absolute atomic E-state index is 0.0422. The Morgan fingerprint density at radius 3 is 2.07 bits per heavy atom. The van der Waals surface area contributed by atoms with Crippen molar-refractivity contribution in [2.75, 3.05) is 5.32 Å². The Kier molecular flexibility index (Phi) is 6.42. The molecule has 2 nitrogen and oxygen atoms in total. The summed E-state index contributed by atoms with van der Waals surface area (Å²) in [5.41, 5.74) is 2.28. The van der Waals surface area contributed by atoms with E-state index in [2.05, 4.69) is 5.32 Å². The van der Waals surface area contributed by atoms with Gasteiger partial charge < -0.3 is 10.1 Å². The predicted molar refractivity (Wildman–Crippen MR) is 106 cm³/mol. The van der Waals surface area contributed by atoms with E-state index >= 15 is 0 Å². The molecule has 1 N–H and O–H groups in total. The Bertz CT molecular complexity index is 925. The highest BCUT2D eigenvalue weighted by Crippen LogP contribution is 2.35. The summed E-state index contributed by atoms with van der Waals surface area (Å²) in [6, 6.07) is 13.8. The molecule has 3 rings (SSSR count). The van der Waals surface area contributed by atoms with Crippen molar-refractivity contribution < 1.29 is 13.5 Å². The molecular weight excluding hydrogens is 415 g/mol. The summed E-state index contributed by atoms with van der Waals surface area (Å²) in [5, 5.41) is 3.88. The van der Waals surface area contributed by atoms with Crippen molar-refractivity contribution in [3.05, 3.63) is 92.4 Å². The molecule has 3 aromatic carbocycles. The van der Waals surface area contributed by atoms with E-state index in [0.717, 1.165) is 11.1 Å². The number of hydrogen-bond acceptors (Lipinski definition) is 2. The molecule has 7 heteroatoms. The van der Waals surface area contributed by atoms with Crippen molar-refractivity contribution in [1.29, 1.82) is 0 Å². The molecule has 0 bridgehead atoms. The molecule has 0 heterocycles. The average Bonchev–Trinajstić information content (AvgIpc) is 2.63. The third kappa shape index (κ3) is 5.25. The van der Waals surface area contributed by atoms with Crippen LogP contribution in [0.4, 0.5) is 14.5 Å². The summed E-state index contributed by atoms with van der Waals surface area (Å²) in [7, 11) is 0. The number of halogens is 5. The zero-order valence-electron chi connectivity index (χ0n) is 13.9. The van der Waals surface area contributed by atoms with Crippen LogP contribution in [-0.4, -0.2) is 0 Å². The molecule has 0 unspecified atom stereocenters. The minimum atomic E-state index is -0.476. The molecular formula is C20H14Cl3F2NO. The van der Waals surface area contributed by atoms with Crippen LogP contribution < -0.4 is 10.1 Å². The topological polar surface area (TPSA) is 21.3 Å². The molecule has 0 aliphatic carbocycles. The van der Waals surface area contributed by atoms with Crippen LogP contribution in [0.2, 0.25) is 15.1 Å². The van der Waals surface area contributed by atoms with Crippen molar-refractivity contribution in [3.63, 3.8) is 0 Å². The first-order valence-electron chi connectivity index (χ1n) is 7.96. The predicted octanol–water partition coefficient (Wildman–Crippen LogP) is 7.12. The van der Waals surface area contributed by atoms with Crippen LogP contribution >= 0.6 is 34.8 Å². The summed E-state index contributed by atoms with van der Waals surface area (Å²) in [4.78, 5) is 0. The van der Waals surface area contributed by atoms with Crippen molar-refractivity contribution in [2.45, 2.75) is 13.2 Å². The molecule has 140 valence electrons. The second-order valence-corrected chi connectivity index (χ2v) is 7.01. The van der Waals surface area contributed by atoms with Crippen molar-refractivity contribution in [2.24, 2.45) is 0 Å². The maximum Gasteiger partial charge on any atom is 0.156 e. The minimum Gasteiger partial charge on any atom is -0.486 e. The summed E-state index contributed by atoms with van der Waals surface area (Å²) in [6.45, 7) is 0.630. The largest absolute Gasteiger partial charge is 0.486 e. The molecule has 0 radical (unpaired) electrons. The molecule has 0 fully saturated rings. The lowest BCUT2D eigenvalue weighted by atomic mass is 10.2. The van der Waals surface area contributed by atoms with Gasteiger partial charge in [-0.2, -0.15) is 0 Å². The van der Waals surface area contributed by atoms with Gasteiger partial charge >= 0.3 is 0 Å². The number of anilines is 1. The maximum absolute atomic E-state index is 13.2. The van der Waals surface area contributed by atoms with Gasteiger partial charge in [0.1, 0.15) is 18.2 Å². The van der Waals surface area contributed by atoms with E-state index in [4.69, 9.17) is 39.5 Å². The normalized spacial score (nSPS) is 10.7. The molecule has 0 spiro atoms. The van der Waals surface area contributed by atoms with Gasteiger partial charge in [0.2, 0.25) is 0 Å². The number of hydrogen-bond donors (Lipinski definition) is 1. The van der Waals surface area contributed by atoms with Crippen LogP contribution in [0.3, 0.4) is 0 Å². The molecule has 0 aliphatic heterocycles. The van der Waals surface area contributed by atoms with Gasteiger partial charge in [0.25, 0.3) is 0 Å². The van der Waals surface area contributed by atoms with Gasteiger partial charge in [-0.1, -0.05) is 46.9 Å². The summed E-state index contributed by atoms with van der Waals surface area (Å²) in [6.07, 6.45) is 0. The molecule has 3 aromatic rings. The van der Waals surface area contributed by atoms with E-state index in [0.29, 0.717) is 28.0 Å². The number of nitrogens with one attached hydrogen (secondary N) is 1. The van der Waals surface area contributed by atoms with E-state index in [1.165, 1.54) is 24.3 Å². The van der Waals surface area contributed by atoms with Gasteiger partial charge in [-0.05, 0) is 53.6 Å². The highest BCUT2D eigenvalue weighted by molar-refractivity contribution is 6.37. The van der Waals surface area contributed by atoms with Gasteiger partial charge in [-0.25, -0.2) is 8.78 Å². The van der Waals surface area contributed by atoms with Crippen LogP contribution in [0.5, 0.6) is 5.75 Å². The van der Waals surface area contributed by atoms with E-state index in [9.17, 15) is 8.78 Å². The molecule has 0 aliphatic rings. The second kappa shape index (κ2) is 8.79. The molecule has 27 heavy (non-hydrogen) atoms. The SMILES string of the molecule is Fc1ccc(COc2c(Cl)cc(CNc3ccc(F)c(Cl)c3)cc2Cl)cc1. The fraction of sp³-hybridized carbons (Fsp3) is 0.100. The Morgan fingerprint density at radius 1 is 0.778 bits per heavy atom. The van der Waals surface area contributed by atoms with Crippen LogP contribution in [0.15, 0.2) is 54.6 Å². The fourth-order valence-electron chi connectivity index (χ4n) is 2.40. The van der Waals surface area contributed by atoms with Crippen LogP contribution in [0.25, 0.3) is 0 Å². The standard InChI is InChI=1S/C20H14Cl3F2NO/c21-16-9-15(5-6-19(16)25)26-10-13-7-17(22)20(18(23)8-13)27-11-12-1-3-14(24)4-2-12/h1-9,26H,10-11H2. The fourth-order valence-corrected chi connectivity index (χ4v) is 3.22. The van der Waals surface area contributed by atoms with E-state index < -0.39 is 5.82 Å². The monoisotopic (exact) mass is 427 g/mol. The Morgan fingerprint density at radius 2 is 1.44 bits per heavy atom. The molecule has 0 aromatic heterocycles. The van der Waals surface area contributed by atoms with Crippen molar-refractivity contribution >= 4 is 40.5 Å². The van der Waals surface area contributed by atoms with Gasteiger partial charge in [0.05, 0.1) is 15.1 Å². The summed E-state index contributed by atoms with van der Waals surface area (Å²) < 4.78 is 31.8. The van der Waals surface area contributed by atoms with E-state index in [-0.39, 0.29) is 17.4 Å². The lowest BCUT2D eigenvalue weighted by molar-refractivity contribution is 0.306. The van der Waals surface area contributed by atoms with Gasteiger partial charge in [0, 0.05) is 12.2 Å². The quantitative estimate of drug-likeness (QED) is 0.451. The molecule has 0 saturated carbocycles. The average molecular weight is 429 g/mol. The van der Waals surface area contributed by atoms with Gasteiger partial charge in [0.15, 0.2) is 5.75 Å². The Labute approximate surface area is 170 Å². The first kappa shape index (κ1) is 19.7. The molecule has 0 saturated heterocycles. The Hall–Kier alpha value is -2.01. The zero-order chi connectivity index (χ0) is 19.4. The lowest BCUT2D eigenvalue weighted by Crippen LogP contribution is -2.01. The number of ether oxygens (including phenoxy) is 1. The zero-order valence-corrected chi connectivity index (χ0v) is 16.2. The summed E-state index contributed by atoms with van der Waals surface area (Å²) in [5.74, 6) is -0.429. The highest BCUT2D eigenvalue weighted by atomic mass is 35.5. The number of rotatable bonds is 6. The maximum atomic E-state index is 13.2. The number of benzene rings is 3. The van der Waals surface area contributed by atoms with Crippen molar-refractivity contribution in [1.82, 2.24) is 0 Å². The van der Waals surface area contributed by atoms with Crippen LogP contribution in [0.1, 0.15) is 11.1 Å². The summed E-state index contributed by atoms with van der Waals surface area (Å²) >= 11 is 18.3. The molecule has 0 amide bonds. The van der Waals surface area contributed by atoms with E-state index in [1.807, 2.05) is 0 Å². The highest BCUT2D eigenvalue weighted by Gasteiger charge is 2.11. The van der Waals surface area contributed by atoms with Crippen molar-refractivity contribution in [3.8, 4) is 5.75 Å². The Balaban J connectivity index is 1.66. The molecule has 0 atom stereocenters. The third-order valence-corrected chi connectivity index (χ3v) is 4.62. The van der Waals surface area contributed by atoms with Gasteiger partial charge in [-0.3, -0.25) is 0 Å². The van der Waals surface area contributed by atoms with Gasteiger partial charge in [-0.15, -0.1) is 0 Å². The third-order valence-electron chi connectivity index (χ3n) is 3.77. The second-order valence-electron chi connectivity index (χ2n) is 5.79. The first-order chi connectivity index (χ1) is 12.9. The first-order valence-corrected chi connectivity index (χ1v) is 9.10. The smallest absolute Gasteiger partial charge is 0.156 e. The van der Waals surface area contributed by atoms with Crippen LogP contribution in [-0.2, 0) is 13.2 Å².